The molecule has 1 atom stereocenters. The Morgan fingerprint density at radius 1 is 1.45 bits per heavy atom. The highest BCUT2D eigenvalue weighted by Crippen LogP contribution is 2.38. The van der Waals surface area contributed by atoms with Crippen molar-refractivity contribution >= 4 is 5.91 Å². The Kier molecular flexibility index (Phi) is 4.20. The lowest BCUT2D eigenvalue weighted by molar-refractivity contribution is -0.122. The molecule has 1 fully saturated rings. The summed E-state index contributed by atoms with van der Waals surface area (Å²) in [4.78, 5) is 11.9. The first-order chi connectivity index (χ1) is 10.6. The van der Waals surface area contributed by atoms with Crippen molar-refractivity contribution in [1.82, 2.24) is 20.3 Å². The molecular weight excluding hydrogens is 280 g/mol. The summed E-state index contributed by atoms with van der Waals surface area (Å²) in [6.45, 7) is 2.25. The van der Waals surface area contributed by atoms with Crippen LogP contribution in [0.3, 0.4) is 0 Å². The maximum absolute atomic E-state index is 11.9. The highest BCUT2D eigenvalue weighted by molar-refractivity contribution is 5.75. The third-order valence-corrected chi connectivity index (χ3v) is 3.90. The SMILES string of the molecule is Cc1ccccc1C(O)CNC(=O)Cn1cc(C2CC2)nn1. The Bertz CT molecular complexity index is 664. The molecule has 0 spiro atoms. The highest BCUT2D eigenvalue weighted by Gasteiger charge is 2.26. The van der Waals surface area contributed by atoms with Gasteiger partial charge in [0.2, 0.25) is 5.91 Å². The summed E-state index contributed by atoms with van der Waals surface area (Å²) in [6, 6.07) is 7.61. The van der Waals surface area contributed by atoms with Gasteiger partial charge in [-0.05, 0) is 30.9 Å². The molecule has 22 heavy (non-hydrogen) atoms. The number of aromatic nitrogens is 3. The maximum Gasteiger partial charge on any atom is 0.241 e. The van der Waals surface area contributed by atoms with Crippen molar-refractivity contribution in [3.05, 3.63) is 47.3 Å². The number of benzene rings is 1. The number of carbonyl (C=O) groups is 1. The largest absolute Gasteiger partial charge is 0.387 e. The average Bonchev–Trinajstić information content (AvgIpc) is 3.26. The molecule has 1 aromatic carbocycles. The number of aryl methyl sites for hydroxylation is 1. The first-order valence-corrected chi connectivity index (χ1v) is 7.54. The summed E-state index contributed by atoms with van der Waals surface area (Å²) >= 11 is 0. The van der Waals surface area contributed by atoms with Gasteiger partial charge >= 0.3 is 0 Å². The molecule has 6 nitrogen and oxygen atoms in total. The van der Waals surface area contributed by atoms with E-state index in [0.717, 1.165) is 29.7 Å². The van der Waals surface area contributed by atoms with Gasteiger partial charge in [-0.2, -0.15) is 0 Å². The van der Waals surface area contributed by atoms with Crippen molar-refractivity contribution in [2.75, 3.05) is 6.54 Å². The second-order valence-corrected chi connectivity index (χ2v) is 5.79. The fourth-order valence-corrected chi connectivity index (χ4v) is 2.44. The lowest BCUT2D eigenvalue weighted by atomic mass is 10.0. The number of carbonyl (C=O) groups excluding carboxylic acids is 1. The molecule has 2 N–H and O–H groups in total. The van der Waals surface area contributed by atoms with E-state index in [1.807, 2.05) is 37.4 Å². The van der Waals surface area contributed by atoms with Gasteiger partial charge in [-0.15, -0.1) is 5.10 Å². The van der Waals surface area contributed by atoms with Crippen LogP contribution in [-0.4, -0.2) is 32.6 Å². The zero-order valence-corrected chi connectivity index (χ0v) is 12.6. The molecule has 0 bridgehead atoms. The topological polar surface area (TPSA) is 80.0 Å². The maximum atomic E-state index is 11.9. The van der Waals surface area contributed by atoms with Gasteiger partial charge in [0.05, 0.1) is 11.8 Å². The molecule has 1 saturated carbocycles. The summed E-state index contributed by atoms with van der Waals surface area (Å²) in [7, 11) is 0. The van der Waals surface area contributed by atoms with Crippen LogP contribution >= 0.6 is 0 Å². The van der Waals surface area contributed by atoms with E-state index in [2.05, 4.69) is 15.6 Å². The normalized spacial score (nSPS) is 15.5. The number of aliphatic hydroxyl groups excluding tert-OH is 1. The minimum atomic E-state index is -0.706. The molecule has 0 radical (unpaired) electrons. The average molecular weight is 300 g/mol. The fourth-order valence-electron chi connectivity index (χ4n) is 2.44. The number of aliphatic hydroxyl groups is 1. The number of hydrogen-bond acceptors (Lipinski definition) is 4. The van der Waals surface area contributed by atoms with E-state index in [4.69, 9.17) is 0 Å². The molecule has 3 rings (SSSR count). The predicted molar refractivity (Wildman–Crippen MR) is 81.1 cm³/mol. The molecule has 2 aromatic rings. The Morgan fingerprint density at radius 3 is 2.95 bits per heavy atom. The van der Waals surface area contributed by atoms with E-state index in [0.29, 0.717) is 5.92 Å². The monoisotopic (exact) mass is 300 g/mol. The second kappa shape index (κ2) is 6.27. The lowest BCUT2D eigenvalue weighted by Gasteiger charge is -2.14. The molecule has 6 heteroatoms. The Labute approximate surface area is 129 Å². The van der Waals surface area contributed by atoms with Crippen LogP contribution in [0, 0.1) is 6.92 Å². The van der Waals surface area contributed by atoms with Gasteiger partial charge in [0, 0.05) is 18.7 Å². The number of hydrogen-bond donors (Lipinski definition) is 2. The third kappa shape index (κ3) is 3.51. The van der Waals surface area contributed by atoms with Crippen LogP contribution in [0.15, 0.2) is 30.5 Å². The van der Waals surface area contributed by atoms with Crippen molar-refractivity contribution in [3.63, 3.8) is 0 Å². The van der Waals surface area contributed by atoms with Crippen molar-refractivity contribution in [2.45, 2.75) is 38.3 Å². The van der Waals surface area contributed by atoms with Gasteiger partial charge in [-0.25, -0.2) is 4.68 Å². The molecule has 1 aliphatic carbocycles. The van der Waals surface area contributed by atoms with Crippen LogP contribution in [0.25, 0.3) is 0 Å². The number of amides is 1. The van der Waals surface area contributed by atoms with Crippen molar-refractivity contribution < 1.29 is 9.90 Å². The van der Waals surface area contributed by atoms with Gasteiger partial charge in [0.25, 0.3) is 0 Å². The summed E-state index contributed by atoms with van der Waals surface area (Å²) in [5.41, 5.74) is 2.81. The molecule has 1 heterocycles. The third-order valence-electron chi connectivity index (χ3n) is 3.90. The molecule has 0 saturated heterocycles. The van der Waals surface area contributed by atoms with Crippen LogP contribution in [0.4, 0.5) is 0 Å². The lowest BCUT2D eigenvalue weighted by Crippen LogP contribution is -2.31. The van der Waals surface area contributed by atoms with E-state index < -0.39 is 6.10 Å². The smallest absolute Gasteiger partial charge is 0.241 e. The van der Waals surface area contributed by atoms with E-state index in [1.165, 1.54) is 0 Å². The number of nitrogens with one attached hydrogen (secondary N) is 1. The molecule has 0 aliphatic heterocycles. The molecule has 1 aromatic heterocycles. The first-order valence-electron chi connectivity index (χ1n) is 7.54. The summed E-state index contributed by atoms with van der Waals surface area (Å²) < 4.78 is 1.54. The number of rotatable bonds is 6. The van der Waals surface area contributed by atoms with Crippen molar-refractivity contribution in [1.29, 1.82) is 0 Å². The van der Waals surface area contributed by atoms with Crippen LogP contribution in [-0.2, 0) is 11.3 Å². The minimum Gasteiger partial charge on any atom is -0.387 e. The molecule has 116 valence electrons. The quantitative estimate of drug-likeness (QED) is 0.843. The summed E-state index contributed by atoms with van der Waals surface area (Å²) in [5, 5.41) is 20.9. The van der Waals surface area contributed by atoms with E-state index in [9.17, 15) is 9.90 Å². The minimum absolute atomic E-state index is 0.125. The summed E-state index contributed by atoms with van der Waals surface area (Å²) in [6.07, 6.45) is 3.44. The Hall–Kier alpha value is -2.21. The second-order valence-electron chi connectivity index (χ2n) is 5.79. The van der Waals surface area contributed by atoms with Crippen molar-refractivity contribution in [3.8, 4) is 0 Å². The van der Waals surface area contributed by atoms with Gasteiger partial charge in [0.15, 0.2) is 0 Å². The van der Waals surface area contributed by atoms with Gasteiger partial charge in [0.1, 0.15) is 6.54 Å². The standard InChI is InChI=1S/C16H20N4O2/c1-11-4-2-3-5-13(11)15(21)8-17-16(22)10-20-9-14(18-19-20)12-6-7-12/h2-5,9,12,15,21H,6-8,10H2,1H3,(H,17,22). The molecule has 1 amide bonds. The van der Waals surface area contributed by atoms with Crippen LogP contribution < -0.4 is 5.32 Å². The number of nitrogens with zero attached hydrogens (tertiary/aromatic N) is 3. The van der Waals surface area contributed by atoms with E-state index in [1.54, 1.807) is 4.68 Å². The van der Waals surface area contributed by atoms with Gasteiger partial charge < -0.3 is 10.4 Å². The summed E-state index contributed by atoms with van der Waals surface area (Å²) in [5.74, 6) is 0.347. The van der Waals surface area contributed by atoms with E-state index in [-0.39, 0.29) is 19.0 Å². The molecular formula is C16H20N4O2. The first kappa shape index (κ1) is 14.7. The Balaban J connectivity index is 1.50. The Morgan fingerprint density at radius 2 is 2.23 bits per heavy atom. The van der Waals surface area contributed by atoms with Crippen LogP contribution in [0.1, 0.15) is 41.7 Å². The fraction of sp³-hybridized carbons (Fsp3) is 0.438. The predicted octanol–water partition coefficient (Wildman–Crippen LogP) is 1.31. The highest BCUT2D eigenvalue weighted by atomic mass is 16.3. The van der Waals surface area contributed by atoms with Gasteiger partial charge in [-0.3, -0.25) is 4.79 Å². The zero-order valence-electron chi connectivity index (χ0n) is 12.6. The van der Waals surface area contributed by atoms with Gasteiger partial charge in [-0.1, -0.05) is 29.5 Å². The molecule has 1 unspecified atom stereocenters. The molecule has 1 aliphatic rings. The van der Waals surface area contributed by atoms with Crippen molar-refractivity contribution in [2.24, 2.45) is 0 Å². The zero-order chi connectivity index (χ0) is 15.5. The van der Waals surface area contributed by atoms with E-state index >= 15 is 0 Å². The van der Waals surface area contributed by atoms with Crippen LogP contribution in [0.5, 0.6) is 0 Å². The van der Waals surface area contributed by atoms with Crippen LogP contribution in [0.2, 0.25) is 0 Å².